The van der Waals surface area contributed by atoms with Crippen LogP contribution in [0.4, 0.5) is 11.5 Å². The zero-order valence-electron chi connectivity index (χ0n) is 13.9. The summed E-state index contributed by atoms with van der Waals surface area (Å²) in [7, 11) is 2.10. The van der Waals surface area contributed by atoms with Crippen molar-refractivity contribution in [3.05, 3.63) is 40.2 Å². The molecule has 1 aromatic heterocycles. The number of amides is 1. The fraction of sp³-hybridized carbons (Fsp3) is 0.444. The molecule has 0 aliphatic carbocycles. The van der Waals surface area contributed by atoms with Crippen LogP contribution in [-0.2, 0) is 6.42 Å². The van der Waals surface area contributed by atoms with Gasteiger partial charge in [-0.2, -0.15) is 0 Å². The van der Waals surface area contributed by atoms with Crippen LogP contribution in [0.15, 0.2) is 30.3 Å². The van der Waals surface area contributed by atoms with Crippen molar-refractivity contribution < 1.29 is 4.79 Å². The van der Waals surface area contributed by atoms with Crippen LogP contribution in [0.3, 0.4) is 0 Å². The van der Waals surface area contributed by atoms with E-state index in [0.29, 0.717) is 5.01 Å². The quantitative estimate of drug-likeness (QED) is 0.841. The molecule has 1 saturated heterocycles. The van der Waals surface area contributed by atoms with Gasteiger partial charge < -0.3 is 14.7 Å². The van der Waals surface area contributed by atoms with Crippen LogP contribution in [0.5, 0.6) is 0 Å². The number of anilines is 2. The molecular weight excluding hydrogens is 320 g/mol. The molecule has 0 spiro atoms. The number of piperazine rings is 1. The molecule has 4 rings (SSSR count). The first kappa shape index (κ1) is 15.6. The summed E-state index contributed by atoms with van der Waals surface area (Å²) < 4.78 is 0. The smallest absolute Gasteiger partial charge is 0.283 e. The maximum atomic E-state index is 12.8. The molecule has 5 nitrogen and oxygen atoms in total. The maximum Gasteiger partial charge on any atom is 0.283 e. The zero-order chi connectivity index (χ0) is 16.5. The van der Waals surface area contributed by atoms with Crippen LogP contribution in [0, 0.1) is 0 Å². The first-order chi connectivity index (χ1) is 11.7. The van der Waals surface area contributed by atoms with Crippen molar-refractivity contribution in [2.24, 2.45) is 0 Å². The minimum atomic E-state index is 0.0931. The molecule has 1 aromatic carbocycles. The van der Waals surface area contributed by atoms with Gasteiger partial charge in [0.1, 0.15) is 5.82 Å². The number of aryl methyl sites for hydroxylation is 1. The van der Waals surface area contributed by atoms with Crippen LogP contribution in [0.2, 0.25) is 0 Å². The van der Waals surface area contributed by atoms with E-state index in [2.05, 4.69) is 29.0 Å². The summed E-state index contributed by atoms with van der Waals surface area (Å²) in [6.07, 6.45) is 2.12. The third-order valence-corrected chi connectivity index (χ3v) is 5.85. The zero-order valence-corrected chi connectivity index (χ0v) is 14.8. The van der Waals surface area contributed by atoms with E-state index < -0.39 is 0 Å². The number of rotatable bonds is 2. The summed E-state index contributed by atoms with van der Waals surface area (Å²) in [4.78, 5) is 25.2. The van der Waals surface area contributed by atoms with Crippen molar-refractivity contribution in [2.45, 2.75) is 12.8 Å². The number of para-hydroxylation sites is 1. The fourth-order valence-corrected chi connectivity index (χ4v) is 4.39. The third-order valence-electron chi connectivity index (χ3n) is 4.76. The molecule has 126 valence electrons. The number of thiazole rings is 1. The fourth-order valence-electron chi connectivity index (χ4n) is 3.32. The summed E-state index contributed by atoms with van der Waals surface area (Å²) in [6.45, 7) is 4.42. The Labute approximate surface area is 146 Å². The Morgan fingerprint density at radius 1 is 1.08 bits per heavy atom. The summed E-state index contributed by atoms with van der Waals surface area (Å²) in [5.41, 5.74) is 1.15. The highest BCUT2D eigenvalue weighted by Crippen LogP contribution is 2.36. The highest BCUT2D eigenvalue weighted by atomic mass is 32.1. The van der Waals surface area contributed by atoms with Gasteiger partial charge in [-0.25, -0.2) is 4.98 Å². The predicted octanol–water partition coefficient (Wildman–Crippen LogP) is 2.62. The normalized spacial score (nSPS) is 18.5. The van der Waals surface area contributed by atoms with Crippen molar-refractivity contribution >= 4 is 28.7 Å². The number of nitrogens with zero attached hydrogens (tertiary/aromatic N) is 4. The molecule has 2 aliphatic rings. The summed E-state index contributed by atoms with van der Waals surface area (Å²) >= 11 is 1.58. The van der Waals surface area contributed by atoms with Gasteiger partial charge in [0.15, 0.2) is 5.01 Å². The minimum absolute atomic E-state index is 0.0931. The number of carbonyl (C=O) groups excluding carboxylic acids is 1. The van der Waals surface area contributed by atoms with E-state index in [1.54, 1.807) is 11.3 Å². The van der Waals surface area contributed by atoms with E-state index in [1.807, 2.05) is 23.1 Å². The molecule has 0 bridgehead atoms. The molecule has 1 fully saturated rings. The number of hydrogen-bond acceptors (Lipinski definition) is 5. The SMILES string of the molecule is CN1CCN(C(=O)c2nc3c(s2)CCCN3c2ccccc2)CC1. The minimum Gasteiger partial charge on any atom is -0.334 e. The first-order valence-corrected chi connectivity index (χ1v) is 9.34. The van der Waals surface area contributed by atoms with E-state index in [9.17, 15) is 4.79 Å². The van der Waals surface area contributed by atoms with E-state index in [0.717, 1.165) is 57.1 Å². The second kappa shape index (κ2) is 6.53. The molecule has 0 N–H and O–H groups in total. The van der Waals surface area contributed by atoms with Crippen LogP contribution < -0.4 is 4.90 Å². The second-order valence-corrected chi connectivity index (χ2v) is 7.54. The van der Waals surface area contributed by atoms with Crippen molar-refractivity contribution in [3.8, 4) is 0 Å². The Kier molecular flexibility index (Phi) is 4.24. The van der Waals surface area contributed by atoms with Gasteiger partial charge in [0.25, 0.3) is 5.91 Å². The lowest BCUT2D eigenvalue weighted by Crippen LogP contribution is -2.47. The Morgan fingerprint density at radius 2 is 1.83 bits per heavy atom. The summed E-state index contributed by atoms with van der Waals surface area (Å²) in [5, 5.41) is 0.646. The van der Waals surface area contributed by atoms with Crippen LogP contribution in [0.25, 0.3) is 0 Å². The van der Waals surface area contributed by atoms with E-state index in [1.165, 1.54) is 4.88 Å². The molecule has 0 saturated carbocycles. The number of aromatic nitrogens is 1. The molecule has 3 heterocycles. The third kappa shape index (κ3) is 2.91. The number of likely N-dealkylation sites (N-methyl/N-ethyl adjacent to an activating group) is 1. The second-order valence-electron chi connectivity index (χ2n) is 6.45. The lowest BCUT2D eigenvalue weighted by atomic mass is 10.1. The lowest BCUT2D eigenvalue weighted by Gasteiger charge is -2.31. The van der Waals surface area contributed by atoms with Gasteiger partial charge in [-0.05, 0) is 32.0 Å². The van der Waals surface area contributed by atoms with Crippen LogP contribution >= 0.6 is 11.3 Å². The molecule has 0 radical (unpaired) electrons. The lowest BCUT2D eigenvalue weighted by molar-refractivity contribution is 0.0664. The molecule has 0 atom stereocenters. The first-order valence-electron chi connectivity index (χ1n) is 8.52. The molecular formula is C18H22N4OS. The monoisotopic (exact) mass is 342 g/mol. The highest BCUT2D eigenvalue weighted by Gasteiger charge is 2.28. The van der Waals surface area contributed by atoms with Gasteiger partial charge in [0.05, 0.1) is 0 Å². The molecule has 6 heteroatoms. The van der Waals surface area contributed by atoms with Gasteiger partial charge in [-0.3, -0.25) is 4.79 Å². The Bertz CT molecular complexity index is 722. The van der Waals surface area contributed by atoms with Crippen molar-refractivity contribution in [1.82, 2.24) is 14.8 Å². The number of hydrogen-bond donors (Lipinski definition) is 0. The van der Waals surface area contributed by atoms with E-state index in [4.69, 9.17) is 4.98 Å². The molecule has 2 aromatic rings. The Balaban J connectivity index is 1.59. The van der Waals surface area contributed by atoms with Crippen LogP contribution in [-0.4, -0.2) is 60.5 Å². The Hall–Kier alpha value is -1.92. The van der Waals surface area contributed by atoms with Gasteiger partial charge in [0, 0.05) is 43.3 Å². The van der Waals surface area contributed by atoms with Gasteiger partial charge in [0.2, 0.25) is 0 Å². The topological polar surface area (TPSA) is 39.7 Å². The van der Waals surface area contributed by atoms with Crippen molar-refractivity contribution in [3.63, 3.8) is 0 Å². The number of fused-ring (bicyclic) bond motifs is 1. The molecule has 1 amide bonds. The summed E-state index contributed by atoms with van der Waals surface area (Å²) in [6, 6.07) is 10.3. The van der Waals surface area contributed by atoms with E-state index >= 15 is 0 Å². The maximum absolute atomic E-state index is 12.8. The van der Waals surface area contributed by atoms with Crippen LogP contribution in [0.1, 0.15) is 21.1 Å². The van der Waals surface area contributed by atoms with E-state index in [-0.39, 0.29) is 5.91 Å². The summed E-state index contributed by atoms with van der Waals surface area (Å²) in [5.74, 6) is 1.07. The van der Waals surface area contributed by atoms with Crippen molar-refractivity contribution in [2.75, 3.05) is 44.7 Å². The Morgan fingerprint density at radius 3 is 2.58 bits per heavy atom. The average molecular weight is 342 g/mol. The van der Waals surface area contributed by atoms with Gasteiger partial charge >= 0.3 is 0 Å². The predicted molar refractivity (Wildman–Crippen MR) is 97.3 cm³/mol. The number of benzene rings is 1. The largest absolute Gasteiger partial charge is 0.334 e. The standard InChI is InChI=1S/C18H22N4OS/c1-20-10-12-21(13-11-20)18(23)17-19-16-15(24-17)8-5-9-22(16)14-6-3-2-4-7-14/h2-4,6-7H,5,8-13H2,1H3. The highest BCUT2D eigenvalue weighted by molar-refractivity contribution is 7.14. The average Bonchev–Trinajstić information content (AvgIpc) is 3.06. The van der Waals surface area contributed by atoms with Gasteiger partial charge in [-0.15, -0.1) is 11.3 Å². The number of carbonyl (C=O) groups is 1. The molecule has 2 aliphatic heterocycles. The molecule has 0 unspecified atom stereocenters. The molecule has 24 heavy (non-hydrogen) atoms. The van der Waals surface area contributed by atoms with Crippen molar-refractivity contribution in [1.29, 1.82) is 0 Å². The van der Waals surface area contributed by atoms with Gasteiger partial charge in [-0.1, -0.05) is 18.2 Å².